The van der Waals surface area contributed by atoms with Crippen LogP contribution >= 0.6 is 11.6 Å². The van der Waals surface area contributed by atoms with Gasteiger partial charge in [-0.25, -0.2) is 13.8 Å². The number of sulfonamides is 1. The number of nitrogens with one attached hydrogen (secondary N) is 1. The predicted octanol–water partition coefficient (Wildman–Crippen LogP) is 5.27. The summed E-state index contributed by atoms with van der Waals surface area (Å²) in [6.07, 6.45) is 1.46. The molecule has 8 nitrogen and oxygen atoms in total. The van der Waals surface area contributed by atoms with Crippen molar-refractivity contribution in [2.24, 2.45) is 5.10 Å². The topological polar surface area (TPSA) is 97.3 Å². The average Bonchev–Trinajstić information content (AvgIpc) is 2.96. The molecule has 0 atom stereocenters. The highest BCUT2D eigenvalue weighted by Gasteiger charge is 2.27. The Balaban J connectivity index is 1.41. The molecule has 10 heteroatoms. The lowest BCUT2D eigenvalue weighted by molar-refractivity contribution is -0.119. The first kappa shape index (κ1) is 27.7. The number of hydrogen-bond acceptors (Lipinski definition) is 6. The van der Waals surface area contributed by atoms with Gasteiger partial charge >= 0.3 is 0 Å². The summed E-state index contributed by atoms with van der Waals surface area (Å²) in [6.45, 7) is -0.0481. The minimum atomic E-state index is -4.09. The highest BCUT2D eigenvalue weighted by molar-refractivity contribution is 7.92. The predicted molar refractivity (Wildman–Crippen MR) is 152 cm³/mol. The van der Waals surface area contributed by atoms with Crippen molar-refractivity contribution in [2.45, 2.75) is 11.5 Å². The summed E-state index contributed by atoms with van der Waals surface area (Å²) >= 11 is 5.98. The summed E-state index contributed by atoms with van der Waals surface area (Å²) in [7, 11) is -2.60. The van der Waals surface area contributed by atoms with Crippen LogP contribution in [0.1, 0.15) is 11.1 Å². The Morgan fingerprint density at radius 3 is 2.18 bits per heavy atom. The number of benzene rings is 4. The number of amides is 1. The summed E-state index contributed by atoms with van der Waals surface area (Å²) in [5.74, 6) is 0.582. The molecule has 0 aromatic heterocycles. The largest absolute Gasteiger partial charge is 0.497 e. The standard InChI is InChI=1S/C29H26ClN3O5S/c1-37-26-15-17-28(18-16-26)39(35,36)33(25-11-9-24(30)10-12-25)20-29(34)32-31-19-22-7-13-27(14-8-22)38-21-23-5-3-2-4-6-23/h2-19H,20-21H2,1H3,(H,32,34)/b31-19+. The Hall–Kier alpha value is -4.34. The lowest BCUT2D eigenvalue weighted by Crippen LogP contribution is -2.39. The fraction of sp³-hybridized carbons (Fsp3) is 0.103. The van der Waals surface area contributed by atoms with Crippen LogP contribution in [0.3, 0.4) is 0 Å². The van der Waals surface area contributed by atoms with Crippen LogP contribution in [0, 0.1) is 0 Å². The normalized spacial score (nSPS) is 11.2. The molecular formula is C29H26ClN3O5S. The van der Waals surface area contributed by atoms with E-state index in [-0.39, 0.29) is 10.6 Å². The summed E-state index contributed by atoms with van der Waals surface area (Å²) < 4.78 is 38.8. The van der Waals surface area contributed by atoms with Gasteiger partial charge in [-0.05, 0) is 83.9 Å². The van der Waals surface area contributed by atoms with E-state index in [9.17, 15) is 13.2 Å². The van der Waals surface area contributed by atoms with Crippen LogP contribution in [0.4, 0.5) is 5.69 Å². The van der Waals surface area contributed by atoms with Gasteiger partial charge in [0.25, 0.3) is 15.9 Å². The third kappa shape index (κ3) is 7.59. The van der Waals surface area contributed by atoms with Gasteiger partial charge in [-0.1, -0.05) is 41.9 Å². The molecule has 0 heterocycles. The third-order valence-electron chi connectivity index (χ3n) is 5.58. The molecule has 4 aromatic carbocycles. The number of rotatable bonds is 11. The number of methoxy groups -OCH3 is 1. The van der Waals surface area contributed by atoms with E-state index in [1.165, 1.54) is 49.7 Å². The summed E-state index contributed by atoms with van der Waals surface area (Å²) in [5, 5.41) is 4.41. The van der Waals surface area contributed by atoms with Crippen molar-refractivity contribution in [1.29, 1.82) is 0 Å². The molecule has 0 fully saturated rings. The van der Waals surface area contributed by atoms with Gasteiger partial charge in [0.1, 0.15) is 24.7 Å². The van der Waals surface area contributed by atoms with Crippen LogP contribution in [-0.2, 0) is 21.4 Å². The molecule has 0 saturated heterocycles. The van der Waals surface area contributed by atoms with E-state index in [2.05, 4.69) is 10.5 Å². The SMILES string of the molecule is COc1ccc(S(=O)(=O)N(CC(=O)N/N=C/c2ccc(OCc3ccccc3)cc2)c2ccc(Cl)cc2)cc1. The smallest absolute Gasteiger partial charge is 0.264 e. The Morgan fingerprint density at radius 2 is 1.54 bits per heavy atom. The number of carbonyl (C=O) groups is 1. The van der Waals surface area contributed by atoms with E-state index in [1.54, 1.807) is 36.4 Å². The van der Waals surface area contributed by atoms with E-state index >= 15 is 0 Å². The molecular weight excluding hydrogens is 538 g/mol. The van der Waals surface area contributed by atoms with Crippen molar-refractivity contribution in [1.82, 2.24) is 5.43 Å². The van der Waals surface area contributed by atoms with Crippen LogP contribution in [-0.4, -0.2) is 34.2 Å². The van der Waals surface area contributed by atoms with Gasteiger partial charge in [0.05, 0.1) is 23.9 Å². The molecule has 1 amide bonds. The number of carbonyl (C=O) groups excluding carboxylic acids is 1. The Labute approximate surface area is 232 Å². The molecule has 1 N–H and O–H groups in total. The van der Waals surface area contributed by atoms with Gasteiger partial charge in [0.15, 0.2) is 0 Å². The number of ether oxygens (including phenoxy) is 2. The average molecular weight is 564 g/mol. The first-order chi connectivity index (χ1) is 18.8. The van der Waals surface area contributed by atoms with Crippen molar-refractivity contribution in [3.8, 4) is 11.5 Å². The molecule has 0 spiro atoms. The second-order valence-electron chi connectivity index (χ2n) is 8.30. The van der Waals surface area contributed by atoms with Crippen molar-refractivity contribution < 1.29 is 22.7 Å². The molecule has 4 rings (SSSR count). The molecule has 0 aliphatic heterocycles. The Kier molecular flexibility index (Phi) is 9.19. The van der Waals surface area contributed by atoms with Gasteiger partial charge < -0.3 is 9.47 Å². The lowest BCUT2D eigenvalue weighted by Gasteiger charge is -2.23. The molecule has 4 aromatic rings. The molecule has 0 aliphatic carbocycles. The van der Waals surface area contributed by atoms with Crippen LogP contribution in [0.25, 0.3) is 0 Å². The minimum absolute atomic E-state index is 0.00382. The maximum atomic E-state index is 13.4. The van der Waals surface area contributed by atoms with Crippen LogP contribution in [0.5, 0.6) is 11.5 Å². The molecule has 0 bridgehead atoms. The maximum absolute atomic E-state index is 13.4. The Morgan fingerprint density at radius 1 is 0.897 bits per heavy atom. The second kappa shape index (κ2) is 12.9. The number of hydrazone groups is 1. The molecule has 39 heavy (non-hydrogen) atoms. The van der Waals surface area contributed by atoms with Gasteiger partial charge in [0, 0.05) is 5.02 Å². The molecule has 0 saturated carbocycles. The number of hydrogen-bond donors (Lipinski definition) is 1. The van der Waals surface area contributed by atoms with Crippen molar-refractivity contribution in [3.63, 3.8) is 0 Å². The fourth-order valence-electron chi connectivity index (χ4n) is 3.53. The van der Waals surface area contributed by atoms with Crippen molar-refractivity contribution >= 4 is 39.4 Å². The summed E-state index contributed by atoms with van der Waals surface area (Å²) in [5.41, 5.74) is 4.46. The van der Waals surface area contributed by atoms with Crippen LogP contribution < -0.4 is 19.2 Å². The number of halogens is 1. The van der Waals surface area contributed by atoms with E-state index in [0.29, 0.717) is 23.1 Å². The monoisotopic (exact) mass is 563 g/mol. The van der Waals surface area contributed by atoms with Crippen LogP contribution in [0.2, 0.25) is 5.02 Å². The zero-order chi connectivity index (χ0) is 27.7. The molecule has 200 valence electrons. The Bertz CT molecular complexity index is 1510. The van der Waals surface area contributed by atoms with Crippen molar-refractivity contribution in [3.05, 3.63) is 119 Å². The summed E-state index contributed by atoms with van der Waals surface area (Å²) in [6, 6.07) is 29.1. The fourth-order valence-corrected chi connectivity index (χ4v) is 5.08. The number of nitrogens with zero attached hydrogens (tertiary/aromatic N) is 2. The molecule has 0 aliphatic rings. The first-order valence-corrected chi connectivity index (χ1v) is 13.7. The zero-order valence-electron chi connectivity index (χ0n) is 21.0. The second-order valence-corrected chi connectivity index (χ2v) is 10.6. The van der Waals surface area contributed by atoms with E-state index in [1.807, 2.05) is 30.3 Å². The van der Waals surface area contributed by atoms with E-state index in [0.717, 1.165) is 15.4 Å². The first-order valence-electron chi connectivity index (χ1n) is 11.9. The van der Waals surface area contributed by atoms with Gasteiger partial charge in [-0.2, -0.15) is 5.10 Å². The maximum Gasteiger partial charge on any atom is 0.264 e. The lowest BCUT2D eigenvalue weighted by atomic mass is 10.2. The molecule has 0 radical (unpaired) electrons. The van der Waals surface area contributed by atoms with Gasteiger partial charge in [-0.3, -0.25) is 9.10 Å². The quantitative estimate of drug-likeness (QED) is 0.198. The number of anilines is 1. The highest BCUT2D eigenvalue weighted by atomic mass is 35.5. The van der Waals surface area contributed by atoms with Gasteiger partial charge in [0.2, 0.25) is 0 Å². The zero-order valence-corrected chi connectivity index (χ0v) is 22.6. The molecule has 0 unspecified atom stereocenters. The van der Waals surface area contributed by atoms with Crippen molar-refractivity contribution in [2.75, 3.05) is 18.0 Å². The third-order valence-corrected chi connectivity index (χ3v) is 7.62. The van der Waals surface area contributed by atoms with E-state index < -0.39 is 22.5 Å². The highest BCUT2D eigenvalue weighted by Crippen LogP contribution is 2.26. The minimum Gasteiger partial charge on any atom is -0.497 e. The van der Waals surface area contributed by atoms with Gasteiger partial charge in [-0.15, -0.1) is 0 Å². The van der Waals surface area contributed by atoms with E-state index in [4.69, 9.17) is 21.1 Å². The summed E-state index contributed by atoms with van der Waals surface area (Å²) in [4.78, 5) is 12.7. The van der Waals surface area contributed by atoms with Crippen LogP contribution in [0.15, 0.2) is 113 Å².